The molecule has 188 valence electrons. The van der Waals surface area contributed by atoms with Crippen LogP contribution >= 0.6 is 0 Å². The van der Waals surface area contributed by atoms with Crippen molar-refractivity contribution in [3.63, 3.8) is 0 Å². The van der Waals surface area contributed by atoms with Crippen LogP contribution in [0.5, 0.6) is 0 Å². The number of carbonyl (C=O) groups is 1. The van der Waals surface area contributed by atoms with Crippen molar-refractivity contribution in [2.75, 3.05) is 0 Å². The fraction of sp³-hybridized carbons (Fsp3) is 0.0968. The molecule has 4 aromatic carbocycles. The summed E-state index contributed by atoms with van der Waals surface area (Å²) in [5.74, 6) is -0.267. The van der Waals surface area contributed by atoms with E-state index in [2.05, 4.69) is 5.32 Å². The van der Waals surface area contributed by atoms with Gasteiger partial charge in [0.15, 0.2) is 0 Å². The molecule has 0 saturated carbocycles. The standard InChI is InChI=1S/C31H26N4O3/c1-22-9-8-14-27(19-22)34-30(21-29(33-34)25-15-17-26(18-16-25)35(37)38)31(36)32-28(24-12-6-3-7-13-24)20-23-10-4-2-5-11-23/h2-19,21,28H,20H2,1H3,(H,32,36)/t28-/m1/s1. The fourth-order valence-electron chi connectivity index (χ4n) is 4.41. The third-order valence-corrected chi connectivity index (χ3v) is 6.35. The Kier molecular flexibility index (Phi) is 7.08. The van der Waals surface area contributed by atoms with Crippen LogP contribution in [0.4, 0.5) is 5.69 Å². The van der Waals surface area contributed by atoms with Gasteiger partial charge in [-0.05, 0) is 60.4 Å². The molecule has 0 spiro atoms. The van der Waals surface area contributed by atoms with Gasteiger partial charge in [-0.1, -0.05) is 72.8 Å². The number of aryl methyl sites for hydroxylation is 1. The van der Waals surface area contributed by atoms with Gasteiger partial charge >= 0.3 is 0 Å². The van der Waals surface area contributed by atoms with E-state index in [0.29, 0.717) is 23.4 Å². The van der Waals surface area contributed by atoms with Gasteiger partial charge in [0.1, 0.15) is 5.69 Å². The number of nitro benzene ring substituents is 1. The second-order valence-corrected chi connectivity index (χ2v) is 9.10. The molecule has 7 nitrogen and oxygen atoms in total. The Morgan fingerprint density at radius 2 is 1.58 bits per heavy atom. The van der Waals surface area contributed by atoms with E-state index < -0.39 is 4.92 Å². The molecule has 38 heavy (non-hydrogen) atoms. The smallest absolute Gasteiger partial charge is 0.270 e. The number of amides is 1. The van der Waals surface area contributed by atoms with Crippen molar-refractivity contribution in [1.29, 1.82) is 0 Å². The summed E-state index contributed by atoms with van der Waals surface area (Å²) in [7, 11) is 0. The average Bonchev–Trinajstić information content (AvgIpc) is 3.40. The second kappa shape index (κ2) is 10.9. The number of nitro groups is 1. The molecule has 5 aromatic rings. The second-order valence-electron chi connectivity index (χ2n) is 9.10. The first kappa shape index (κ1) is 24.6. The Labute approximate surface area is 220 Å². The highest BCUT2D eigenvalue weighted by molar-refractivity contribution is 5.94. The van der Waals surface area contributed by atoms with Crippen LogP contribution in [0.15, 0.2) is 115 Å². The van der Waals surface area contributed by atoms with E-state index in [4.69, 9.17) is 5.10 Å². The number of benzene rings is 4. The number of rotatable bonds is 8. The van der Waals surface area contributed by atoms with Crippen LogP contribution in [0.2, 0.25) is 0 Å². The number of hydrogen-bond acceptors (Lipinski definition) is 4. The van der Waals surface area contributed by atoms with Gasteiger partial charge in [0.25, 0.3) is 11.6 Å². The van der Waals surface area contributed by atoms with Crippen molar-refractivity contribution < 1.29 is 9.72 Å². The number of aromatic nitrogens is 2. The Balaban J connectivity index is 1.53. The minimum atomic E-state index is -0.440. The van der Waals surface area contributed by atoms with Gasteiger partial charge in [-0.25, -0.2) is 4.68 Å². The number of hydrogen-bond donors (Lipinski definition) is 1. The molecule has 1 heterocycles. The third-order valence-electron chi connectivity index (χ3n) is 6.35. The predicted octanol–water partition coefficient (Wildman–Crippen LogP) is 6.47. The summed E-state index contributed by atoms with van der Waals surface area (Å²) < 4.78 is 1.63. The van der Waals surface area contributed by atoms with Gasteiger partial charge in [0.05, 0.1) is 22.3 Å². The van der Waals surface area contributed by atoms with Crippen molar-refractivity contribution in [3.05, 3.63) is 148 Å². The summed E-state index contributed by atoms with van der Waals surface area (Å²) in [4.78, 5) is 24.5. The summed E-state index contributed by atoms with van der Waals surface area (Å²) >= 11 is 0. The molecule has 0 bridgehead atoms. The third kappa shape index (κ3) is 5.52. The summed E-state index contributed by atoms with van der Waals surface area (Å²) in [6.45, 7) is 1.98. The molecular weight excluding hydrogens is 476 g/mol. The Morgan fingerprint density at radius 1 is 0.895 bits per heavy atom. The fourth-order valence-corrected chi connectivity index (χ4v) is 4.41. The first-order valence-electron chi connectivity index (χ1n) is 12.3. The topological polar surface area (TPSA) is 90.1 Å². The molecule has 5 rings (SSSR count). The van der Waals surface area contributed by atoms with Crippen LogP contribution in [0.3, 0.4) is 0 Å². The van der Waals surface area contributed by atoms with Crippen LogP contribution < -0.4 is 5.32 Å². The van der Waals surface area contributed by atoms with Gasteiger partial charge in [-0.2, -0.15) is 5.10 Å². The first-order valence-corrected chi connectivity index (χ1v) is 12.3. The molecular formula is C31H26N4O3. The van der Waals surface area contributed by atoms with E-state index in [9.17, 15) is 14.9 Å². The minimum absolute atomic E-state index is 0.00329. The average molecular weight is 503 g/mol. The lowest BCUT2D eigenvalue weighted by molar-refractivity contribution is -0.384. The van der Waals surface area contributed by atoms with Gasteiger partial charge in [0.2, 0.25) is 0 Å². The maximum absolute atomic E-state index is 13.8. The highest BCUT2D eigenvalue weighted by Gasteiger charge is 2.22. The van der Waals surface area contributed by atoms with Gasteiger partial charge in [-0.15, -0.1) is 0 Å². The van der Waals surface area contributed by atoms with E-state index >= 15 is 0 Å². The predicted molar refractivity (Wildman–Crippen MR) is 147 cm³/mol. The zero-order valence-corrected chi connectivity index (χ0v) is 20.8. The Morgan fingerprint density at radius 3 is 2.24 bits per heavy atom. The zero-order chi connectivity index (χ0) is 26.5. The van der Waals surface area contributed by atoms with E-state index in [1.807, 2.05) is 91.9 Å². The summed E-state index contributed by atoms with van der Waals surface area (Å²) in [6, 6.07) is 35.3. The lowest BCUT2D eigenvalue weighted by Gasteiger charge is -2.20. The summed E-state index contributed by atoms with van der Waals surface area (Å²) in [5.41, 5.74) is 5.50. The van der Waals surface area contributed by atoms with Crippen LogP contribution in [0.25, 0.3) is 16.9 Å². The molecule has 7 heteroatoms. The van der Waals surface area contributed by atoms with E-state index in [0.717, 1.165) is 22.4 Å². The molecule has 1 aromatic heterocycles. The van der Waals surface area contributed by atoms with Crippen molar-refractivity contribution in [1.82, 2.24) is 15.1 Å². The van der Waals surface area contributed by atoms with Gasteiger partial charge in [0, 0.05) is 17.7 Å². The molecule has 0 aliphatic heterocycles. The van der Waals surface area contributed by atoms with Crippen molar-refractivity contribution >= 4 is 11.6 Å². The Hall–Kier alpha value is -5.04. The molecule has 0 radical (unpaired) electrons. The lowest BCUT2D eigenvalue weighted by Crippen LogP contribution is -2.31. The molecule has 1 N–H and O–H groups in total. The molecule has 0 fully saturated rings. The van der Waals surface area contributed by atoms with E-state index in [1.165, 1.54) is 12.1 Å². The highest BCUT2D eigenvalue weighted by Crippen LogP contribution is 2.26. The quantitative estimate of drug-likeness (QED) is 0.194. The Bertz CT molecular complexity index is 1560. The molecule has 1 atom stereocenters. The largest absolute Gasteiger partial charge is 0.344 e. The SMILES string of the molecule is Cc1cccc(-n2nc(-c3ccc([N+](=O)[O-])cc3)cc2C(=O)N[C@H](Cc2ccccc2)c2ccccc2)c1. The van der Waals surface area contributed by atoms with Crippen LogP contribution in [0, 0.1) is 17.0 Å². The number of non-ortho nitro benzene ring substituents is 1. The van der Waals surface area contributed by atoms with Crippen molar-refractivity contribution in [2.45, 2.75) is 19.4 Å². The molecule has 0 unspecified atom stereocenters. The van der Waals surface area contributed by atoms with E-state index in [-0.39, 0.29) is 17.6 Å². The lowest BCUT2D eigenvalue weighted by atomic mass is 9.98. The highest BCUT2D eigenvalue weighted by atomic mass is 16.6. The van der Waals surface area contributed by atoms with E-state index in [1.54, 1.807) is 22.9 Å². The summed E-state index contributed by atoms with van der Waals surface area (Å²) in [6.07, 6.45) is 0.629. The number of carbonyl (C=O) groups excluding carboxylic acids is 1. The van der Waals surface area contributed by atoms with Gasteiger partial charge < -0.3 is 5.32 Å². The van der Waals surface area contributed by atoms with Gasteiger partial charge in [-0.3, -0.25) is 14.9 Å². The van der Waals surface area contributed by atoms with Crippen molar-refractivity contribution in [3.8, 4) is 16.9 Å². The van der Waals surface area contributed by atoms with Crippen LogP contribution in [0.1, 0.15) is 33.2 Å². The number of nitrogens with one attached hydrogen (secondary N) is 1. The summed E-state index contributed by atoms with van der Waals surface area (Å²) in [5, 5.41) is 19.1. The number of nitrogens with zero attached hydrogens (tertiary/aromatic N) is 3. The maximum atomic E-state index is 13.8. The molecule has 1 amide bonds. The molecule has 0 aliphatic carbocycles. The molecule has 0 saturated heterocycles. The molecule has 0 aliphatic rings. The van der Waals surface area contributed by atoms with Crippen molar-refractivity contribution in [2.24, 2.45) is 0 Å². The monoisotopic (exact) mass is 502 g/mol. The minimum Gasteiger partial charge on any atom is -0.344 e. The first-order chi connectivity index (χ1) is 18.5. The normalized spacial score (nSPS) is 11.6. The maximum Gasteiger partial charge on any atom is 0.270 e. The van der Waals surface area contributed by atoms with Crippen LogP contribution in [-0.2, 0) is 6.42 Å². The zero-order valence-electron chi connectivity index (χ0n) is 20.8. The van der Waals surface area contributed by atoms with Crippen LogP contribution in [-0.4, -0.2) is 20.6 Å².